The summed E-state index contributed by atoms with van der Waals surface area (Å²) in [6.07, 6.45) is 18.2. The molecule has 4 aromatic rings. The fraction of sp³-hybridized carbons (Fsp3) is 0.400. The van der Waals surface area contributed by atoms with Gasteiger partial charge in [-0.25, -0.2) is 0 Å². The van der Waals surface area contributed by atoms with Crippen LogP contribution in [0.15, 0.2) is 109 Å². The van der Waals surface area contributed by atoms with Gasteiger partial charge in [-0.05, 0) is 99.4 Å². The Bertz CT molecular complexity index is 1300. The molecule has 0 spiro atoms. The minimum Gasteiger partial charge on any atom is -0.363 e. The summed E-state index contributed by atoms with van der Waals surface area (Å²) in [5.41, 5.74) is 5.92. The van der Waals surface area contributed by atoms with Crippen molar-refractivity contribution in [1.82, 2.24) is 0 Å². The van der Waals surface area contributed by atoms with Gasteiger partial charge in [0.25, 0.3) is 0 Å². The largest absolute Gasteiger partial charge is 0.363 e. The molecule has 0 bridgehead atoms. The minimum absolute atomic E-state index is 0.402. The van der Waals surface area contributed by atoms with E-state index in [1.54, 1.807) is 11.1 Å². The quantitative estimate of drug-likeness (QED) is 0.198. The molecule has 1 heterocycles. The van der Waals surface area contributed by atoms with Crippen molar-refractivity contribution in [2.75, 3.05) is 34.9 Å². The summed E-state index contributed by atoms with van der Waals surface area (Å²) in [6, 6.07) is 42.4. The molecule has 2 saturated carbocycles. The highest BCUT2D eigenvalue weighted by Gasteiger charge is 2.29. The Morgan fingerprint density at radius 3 is 1.07 bits per heavy atom. The number of benzene rings is 4. The summed E-state index contributed by atoms with van der Waals surface area (Å²) in [7, 11) is -0.803. The average Bonchev–Trinajstić information content (AvgIpc) is 3.10. The van der Waals surface area contributed by atoms with Gasteiger partial charge in [0.2, 0.25) is 0 Å². The summed E-state index contributed by atoms with van der Waals surface area (Å²) in [4.78, 5) is 5.51. The highest BCUT2D eigenvalue weighted by Crippen LogP contribution is 2.48. The molecule has 228 valence electrons. The summed E-state index contributed by atoms with van der Waals surface area (Å²) in [5, 5.41) is 3.03. The van der Waals surface area contributed by atoms with Gasteiger partial charge in [-0.15, -0.1) is 0 Å². The molecule has 2 nitrogen and oxygen atoms in total. The van der Waals surface area contributed by atoms with Crippen molar-refractivity contribution in [2.24, 2.45) is 0 Å². The molecule has 0 unspecified atom stereocenters. The molecule has 44 heavy (non-hydrogen) atoms. The monoisotopic (exact) mass is 618 g/mol. The number of hydrogen-bond donors (Lipinski definition) is 0. The lowest BCUT2D eigenvalue weighted by molar-refractivity contribution is 0.443. The molecule has 0 atom stereocenters. The van der Waals surface area contributed by atoms with Crippen LogP contribution in [0.3, 0.4) is 0 Å². The van der Waals surface area contributed by atoms with E-state index in [4.69, 9.17) is 0 Å². The summed E-state index contributed by atoms with van der Waals surface area (Å²) in [5.74, 6) is 1.51. The second kappa shape index (κ2) is 14.6. The Kier molecular flexibility index (Phi) is 9.98. The van der Waals surface area contributed by atoms with Crippen LogP contribution >= 0.6 is 15.8 Å². The van der Waals surface area contributed by atoms with Crippen LogP contribution in [-0.2, 0) is 0 Å². The first kappa shape index (κ1) is 30.0. The molecule has 0 N–H and O–H groups in total. The summed E-state index contributed by atoms with van der Waals surface area (Å²) < 4.78 is 0. The highest BCUT2D eigenvalue weighted by atomic mass is 31.1. The molecule has 4 aromatic carbocycles. The smallest absolute Gasteiger partial charge is 0.0438 e. The van der Waals surface area contributed by atoms with Crippen LogP contribution in [0.2, 0.25) is 0 Å². The van der Waals surface area contributed by atoms with E-state index in [2.05, 4.69) is 119 Å². The molecule has 1 saturated heterocycles. The number of nitrogens with zero attached hydrogens (tertiary/aromatic N) is 2. The third-order valence-corrected chi connectivity index (χ3v) is 15.1. The first-order valence-electron chi connectivity index (χ1n) is 17.1. The van der Waals surface area contributed by atoms with Crippen molar-refractivity contribution in [2.45, 2.75) is 76.0 Å². The predicted octanol–water partition coefficient (Wildman–Crippen LogP) is 10.6. The zero-order valence-electron chi connectivity index (χ0n) is 26.2. The van der Waals surface area contributed by atoms with Gasteiger partial charge in [-0.3, -0.25) is 0 Å². The molecular weight excluding hydrogens is 570 g/mol. The van der Waals surface area contributed by atoms with E-state index in [9.17, 15) is 0 Å². The molecule has 2 aliphatic carbocycles. The van der Waals surface area contributed by atoms with Gasteiger partial charge in [0.1, 0.15) is 0 Å². The maximum Gasteiger partial charge on any atom is 0.0438 e. The molecule has 3 aliphatic rings. The first-order valence-corrected chi connectivity index (χ1v) is 20.5. The zero-order valence-corrected chi connectivity index (χ0v) is 28.0. The van der Waals surface area contributed by atoms with Gasteiger partial charge in [-0.1, -0.05) is 123 Å². The maximum absolute atomic E-state index is 2.76. The number of anilines is 2. The highest BCUT2D eigenvalue weighted by molar-refractivity contribution is 7.67. The van der Waals surface area contributed by atoms with Crippen LogP contribution in [0, 0.1) is 0 Å². The molecule has 4 heteroatoms. The lowest BCUT2D eigenvalue weighted by Crippen LogP contribution is -2.38. The SMILES string of the molecule is c1ccc(P2CN(c3ccc(C4CCCCC4)cc3)CP(c3ccccc3)CN(c3ccc(C4CCCCC4)cc3)C2)cc1. The van der Waals surface area contributed by atoms with Gasteiger partial charge in [-0.2, -0.15) is 0 Å². The van der Waals surface area contributed by atoms with Crippen molar-refractivity contribution in [1.29, 1.82) is 0 Å². The topological polar surface area (TPSA) is 6.48 Å². The second-order valence-corrected chi connectivity index (χ2v) is 17.6. The van der Waals surface area contributed by atoms with Crippen LogP contribution in [0.5, 0.6) is 0 Å². The van der Waals surface area contributed by atoms with Gasteiger partial charge in [0.15, 0.2) is 0 Å². The van der Waals surface area contributed by atoms with Crippen LogP contribution in [0.25, 0.3) is 0 Å². The van der Waals surface area contributed by atoms with E-state index in [-0.39, 0.29) is 0 Å². The fourth-order valence-corrected chi connectivity index (χ4v) is 12.8. The van der Waals surface area contributed by atoms with Gasteiger partial charge < -0.3 is 9.80 Å². The number of rotatable bonds is 6. The van der Waals surface area contributed by atoms with Crippen LogP contribution < -0.4 is 20.4 Å². The van der Waals surface area contributed by atoms with Gasteiger partial charge in [0.05, 0.1) is 0 Å². The first-order chi connectivity index (χ1) is 21.8. The maximum atomic E-state index is 2.76. The van der Waals surface area contributed by atoms with Crippen molar-refractivity contribution >= 4 is 37.8 Å². The average molecular weight is 619 g/mol. The molecule has 0 aromatic heterocycles. The fourth-order valence-electron chi connectivity index (χ4n) is 7.72. The molecule has 0 radical (unpaired) electrons. The van der Waals surface area contributed by atoms with Gasteiger partial charge in [0, 0.05) is 36.5 Å². The van der Waals surface area contributed by atoms with E-state index in [1.165, 1.54) is 86.2 Å². The van der Waals surface area contributed by atoms with Gasteiger partial charge >= 0.3 is 0 Å². The normalized spacial score (nSPS) is 22.4. The number of hydrogen-bond acceptors (Lipinski definition) is 2. The van der Waals surface area contributed by atoms with E-state index < -0.39 is 15.8 Å². The third kappa shape index (κ3) is 7.25. The molecule has 3 fully saturated rings. The van der Waals surface area contributed by atoms with Crippen LogP contribution in [0.1, 0.15) is 87.2 Å². The second-order valence-electron chi connectivity index (χ2n) is 13.2. The molecule has 7 rings (SSSR count). The summed E-state index contributed by atoms with van der Waals surface area (Å²) >= 11 is 0. The van der Waals surface area contributed by atoms with E-state index in [0.717, 1.165) is 37.0 Å². The Hall–Kier alpha value is -2.66. The Morgan fingerprint density at radius 2 is 0.727 bits per heavy atom. The standard InChI is InChI=1S/C40H48N2P2/c1-5-13-33(14-6-1)35-21-25-37(26-22-35)41-29-43(39-17-9-3-10-18-39)31-42(32-44(30-41)40-19-11-4-12-20-40)38-27-23-36(24-28-38)34-15-7-2-8-16-34/h3-4,9-12,17-28,33-34H,1-2,5-8,13-16,29-32H2. The Labute approximate surface area is 268 Å². The molecule has 0 amide bonds. The zero-order chi connectivity index (χ0) is 29.6. The van der Waals surface area contributed by atoms with Crippen molar-refractivity contribution in [3.8, 4) is 0 Å². The predicted molar refractivity (Wildman–Crippen MR) is 195 cm³/mol. The minimum atomic E-state index is -0.402. The lowest BCUT2D eigenvalue weighted by Gasteiger charge is -2.41. The molecular formula is C40H48N2P2. The third-order valence-electron chi connectivity index (χ3n) is 10.3. The molecule has 1 aliphatic heterocycles. The van der Waals surface area contributed by atoms with E-state index in [1.807, 2.05) is 0 Å². The lowest BCUT2D eigenvalue weighted by atomic mass is 9.84. The van der Waals surface area contributed by atoms with Crippen molar-refractivity contribution in [3.05, 3.63) is 120 Å². The Morgan fingerprint density at radius 1 is 0.386 bits per heavy atom. The van der Waals surface area contributed by atoms with Crippen LogP contribution in [0.4, 0.5) is 11.4 Å². The van der Waals surface area contributed by atoms with Crippen LogP contribution in [-0.4, -0.2) is 25.1 Å². The van der Waals surface area contributed by atoms with E-state index in [0.29, 0.717) is 0 Å². The van der Waals surface area contributed by atoms with Crippen molar-refractivity contribution < 1.29 is 0 Å². The summed E-state index contributed by atoms with van der Waals surface area (Å²) in [6.45, 7) is 0. The van der Waals surface area contributed by atoms with E-state index >= 15 is 0 Å². The van der Waals surface area contributed by atoms with Crippen molar-refractivity contribution in [3.63, 3.8) is 0 Å². The Balaban J connectivity index is 1.20.